The molecule has 0 unspecified atom stereocenters. The molecule has 9 heteroatoms. The fourth-order valence-electron chi connectivity index (χ4n) is 4.41. The standard InChI is InChI=1S/C31H39N3O5S/c1-5-7-20-32-31(36)29(6-2)33(22-25-15-12-11-14-24(25)3)30(35)23-34(26-16-13-17-27(21-26)39-4)40(37,38)28-18-9-8-10-19-28/h8-19,21,29H,5-7,20,22-23H2,1-4H3,(H,32,36)/t29-/m1/s1. The molecule has 0 aromatic heterocycles. The molecule has 0 bridgehead atoms. The van der Waals surface area contributed by atoms with Crippen LogP contribution in [0.25, 0.3) is 0 Å². The first-order valence-corrected chi connectivity index (χ1v) is 15.0. The number of anilines is 1. The van der Waals surface area contributed by atoms with Crippen molar-refractivity contribution in [1.29, 1.82) is 0 Å². The van der Waals surface area contributed by atoms with E-state index >= 15 is 0 Å². The average Bonchev–Trinajstić information content (AvgIpc) is 2.97. The smallest absolute Gasteiger partial charge is 0.264 e. The minimum absolute atomic E-state index is 0.0559. The Kier molecular flexibility index (Phi) is 11.1. The molecule has 1 atom stereocenters. The van der Waals surface area contributed by atoms with Crippen molar-refractivity contribution in [2.24, 2.45) is 0 Å². The summed E-state index contributed by atoms with van der Waals surface area (Å²) < 4.78 is 34.2. The summed E-state index contributed by atoms with van der Waals surface area (Å²) in [5.74, 6) is -0.281. The summed E-state index contributed by atoms with van der Waals surface area (Å²) in [6.07, 6.45) is 2.13. The zero-order valence-corrected chi connectivity index (χ0v) is 24.5. The van der Waals surface area contributed by atoms with Crippen LogP contribution in [0.2, 0.25) is 0 Å². The Morgan fingerprint density at radius 1 is 0.950 bits per heavy atom. The molecule has 0 aliphatic carbocycles. The third kappa shape index (κ3) is 7.63. The molecule has 0 aliphatic heterocycles. The van der Waals surface area contributed by atoms with E-state index < -0.39 is 28.5 Å². The van der Waals surface area contributed by atoms with Crippen molar-refractivity contribution in [3.8, 4) is 5.75 Å². The van der Waals surface area contributed by atoms with Gasteiger partial charge in [0.15, 0.2) is 0 Å². The Hall–Kier alpha value is -3.85. The van der Waals surface area contributed by atoms with Crippen molar-refractivity contribution in [3.63, 3.8) is 0 Å². The summed E-state index contributed by atoms with van der Waals surface area (Å²) in [7, 11) is -2.64. The van der Waals surface area contributed by atoms with Crippen LogP contribution in [0.15, 0.2) is 83.8 Å². The van der Waals surface area contributed by atoms with Gasteiger partial charge in [0.1, 0.15) is 18.3 Å². The lowest BCUT2D eigenvalue weighted by atomic mass is 10.1. The highest BCUT2D eigenvalue weighted by atomic mass is 32.2. The van der Waals surface area contributed by atoms with Gasteiger partial charge in [0.05, 0.1) is 17.7 Å². The second-order valence-corrected chi connectivity index (χ2v) is 11.4. The predicted molar refractivity (Wildman–Crippen MR) is 158 cm³/mol. The summed E-state index contributed by atoms with van der Waals surface area (Å²) in [6.45, 7) is 6.03. The van der Waals surface area contributed by atoms with Gasteiger partial charge in [0.25, 0.3) is 10.0 Å². The number of unbranched alkanes of at least 4 members (excludes halogenated alkanes) is 1. The van der Waals surface area contributed by atoms with Gasteiger partial charge >= 0.3 is 0 Å². The number of rotatable bonds is 14. The van der Waals surface area contributed by atoms with E-state index in [0.717, 1.165) is 28.3 Å². The number of nitrogens with one attached hydrogen (secondary N) is 1. The second kappa shape index (κ2) is 14.5. The van der Waals surface area contributed by atoms with Gasteiger partial charge in [0, 0.05) is 19.2 Å². The highest BCUT2D eigenvalue weighted by Gasteiger charge is 2.33. The van der Waals surface area contributed by atoms with Gasteiger partial charge in [-0.3, -0.25) is 13.9 Å². The van der Waals surface area contributed by atoms with E-state index in [9.17, 15) is 18.0 Å². The molecule has 0 fully saturated rings. The maximum Gasteiger partial charge on any atom is 0.264 e. The molecule has 0 heterocycles. The van der Waals surface area contributed by atoms with Gasteiger partial charge in [-0.2, -0.15) is 0 Å². The number of sulfonamides is 1. The van der Waals surface area contributed by atoms with Crippen molar-refractivity contribution in [1.82, 2.24) is 10.2 Å². The Morgan fingerprint density at radius 3 is 2.30 bits per heavy atom. The molecule has 8 nitrogen and oxygen atoms in total. The monoisotopic (exact) mass is 565 g/mol. The molecule has 3 aromatic carbocycles. The lowest BCUT2D eigenvalue weighted by molar-refractivity contribution is -0.140. The summed E-state index contributed by atoms with van der Waals surface area (Å²) in [6, 6.07) is 21.5. The Bertz CT molecular complexity index is 1380. The summed E-state index contributed by atoms with van der Waals surface area (Å²) in [5, 5.41) is 2.95. The van der Waals surface area contributed by atoms with Crippen molar-refractivity contribution in [2.75, 3.05) is 24.5 Å². The lowest BCUT2D eigenvalue weighted by Gasteiger charge is -2.33. The van der Waals surface area contributed by atoms with E-state index in [-0.39, 0.29) is 23.0 Å². The van der Waals surface area contributed by atoms with E-state index in [1.807, 2.05) is 45.0 Å². The fourth-order valence-corrected chi connectivity index (χ4v) is 5.84. The van der Waals surface area contributed by atoms with Crippen molar-refractivity contribution < 1.29 is 22.7 Å². The van der Waals surface area contributed by atoms with Gasteiger partial charge in [-0.1, -0.05) is 68.8 Å². The van der Waals surface area contributed by atoms with Gasteiger partial charge in [-0.25, -0.2) is 8.42 Å². The number of ether oxygens (including phenoxy) is 1. The van der Waals surface area contributed by atoms with Crippen LogP contribution < -0.4 is 14.4 Å². The van der Waals surface area contributed by atoms with Crippen molar-refractivity contribution in [2.45, 2.75) is 57.5 Å². The quantitative estimate of drug-likeness (QED) is 0.280. The molecule has 0 spiro atoms. The van der Waals surface area contributed by atoms with Crippen LogP contribution in [-0.4, -0.2) is 51.4 Å². The number of aryl methyl sites for hydroxylation is 1. The van der Waals surface area contributed by atoms with Crippen LogP contribution in [0.5, 0.6) is 5.75 Å². The Labute approximate surface area is 238 Å². The fraction of sp³-hybridized carbons (Fsp3) is 0.355. The van der Waals surface area contributed by atoms with Gasteiger partial charge in [-0.05, 0) is 55.2 Å². The topological polar surface area (TPSA) is 96.0 Å². The minimum atomic E-state index is -4.13. The van der Waals surface area contributed by atoms with Gasteiger partial charge < -0.3 is 15.0 Å². The average molecular weight is 566 g/mol. The number of carbonyl (C=O) groups excluding carboxylic acids is 2. The largest absolute Gasteiger partial charge is 0.497 e. The summed E-state index contributed by atoms with van der Waals surface area (Å²) >= 11 is 0. The molecular weight excluding hydrogens is 526 g/mol. The number of nitrogens with zero attached hydrogens (tertiary/aromatic N) is 2. The van der Waals surface area contributed by atoms with Gasteiger partial charge in [-0.15, -0.1) is 0 Å². The summed E-state index contributed by atoms with van der Waals surface area (Å²) in [5.41, 5.74) is 2.14. The third-order valence-corrected chi connectivity index (χ3v) is 8.56. The normalized spacial score (nSPS) is 11.9. The molecule has 0 aliphatic rings. The molecule has 0 radical (unpaired) electrons. The van der Waals surface area contributed by atoms with Crippen LogP contribution in [0.1, 0.15) is 44.2 Å². The number of carbonyl (C=O) groups is 2. The number of amides is 2. The predicted octanol–water partition coefficient (Wildman–Crippen LogP) is 4.92. The maximum absolute atomic E-state index is 14.1. The van der Waals surface area contributed by atoms with Crippen LogP contribution in [-0.2, 0) is 26.2 Å². The molecular formula is C31H39N3O5S. The first-order chi connectivity index (χ1) is 19.2. The van der Waals surface area contributed by atoms with E-state index in [4.69, 9.17) is 4.74 Å². The molecule has 40 heavy (non-hydrogen) atoms. The number of hydrogen-bond acceptors (Lipinski definition) is 5. The van der Waals surface area contributed by atoms with Crippen LogP contribution in [0.3, 0.4) is 0 Å². The number of benzene rings is 3. The molecule has 1 N–H and O–H groups in total. The van der Waals surface area contributed by atoms with Crippen LogP contribution in [0, 0.1) is 6.92 Å². The van der Waals surface area contributed by atoms with Gasteiger partial charge in [0.2, 0.25) is 11.8 Å². The molecule has 2 amide bonds. The highest BCUT2D eigenvalue weighted by molar-refractivity contribution is 7.92. The SMILES string of the molecule is CCCCNC(=O)[C@@H](CC)N(Cc1ccccc1C)C(=O)CN(c1cccc(OC)c1)S(=O)(=O)c1ccccc1. The first-order valence-electron chi connectivity index (χ1n) is 13.6. The lowest BCUT2D eigenvalue weighted by Crippen LogP contribution is -2.52. The van der Waals surface area contributed by atoms with E-state index in [0.29, 0.717) is 18.7 Å². The third-order valence-electron chi connectivity index (χ3n) is 6.77. The summed E-state index contributed by atoms with van der Waals surface area (Å²) in [4.78, 5) is 28.9. The molecule has 3 aromatic rings. The Morgan fingerprint density at radius 2 is 1.65 bits per heavy atom. The number of hydrogen-bond donors (Lipinski definition) is 1. The minimum Gasteiger partial charge on any atom is -0.497 e. The molecule has 0 saturated carbocycles. The molecule has 214 valence electrons. The second-order valence-electron chi connectivity index (χ2n) is 9.54. The maximum atomic E-state index is 14.1. The Balaban J connectivity index is 2.05. The van der Waals surface area contributed by atoms with E-state index in [1.54, 1.807) is 42.5 Å². The highest BCUT2D eigenvalue weighted by Crippen LogP contribution is 2.28. The first kappa shape index (κ1) is 30.7. The van der Waals surface area contributed by atoms with E-state index in [1.165, 1.54) is 24.1 Å². The zero-order valence-electron chi connectivity index (χ0n) is 23.7. The van der Waals surface area contributed by atoms with E-state index in [2.05, 4.69) is 5.32 Å². The van der Waals surface area contributed by atoms with Crippen molar-refractivity contribution >= 4 is 27.5 Å². The number of methoxy groups -OCH3 is 1. The van der Waals surface area contributed by atoms with Crippen molar-refractivity contribution in [3.05, 3.63) is 90.0 Å². The van der Waals surface area contributed by atoms with Crippen LogP contribution in [0.4, 0.5) is 5.69 Å². The molecule has 3 rings (SSSR count). The van der Waals surface area contributed by atoms with Crippen LogP contribution >= 0.6 is 0 Å². The molecule has 0 saturated heterocycles. The zero-order chi connectivity index (χ0) is 29.1.